The van der Waals surface area contributed by atoms with Crippen molar-refractivity contribution in [1.82, 2.24) is 10.1 Å². The third-order valence-corrected chi connectivity index (χ3v) is 3.96. The van der Waals surface area contributed by atoms with Gasteiger partial charge in [0.1, 0.15) is 6.04 Å². The fraction of sp³-hybridized carbons (Fsp3) is 0.471. The van der Waals surface area contributed by atoms with Crippen molar-refractivity contribution < 1.29 is 9.32 Å². The molecule has 2 heterocycles. The molecule has 1 saturated heterocycles. The minimum Gasteiger partial charge on any atom is -0.374 e. The summed E-state index contributed by atoms with van der Waals surface area (Å²) in [6, 6.07) is 7.77. The van der Waals surface area contributed by atoms with Crippen molar-refractivity contribution in [2.75, 3.05) is 16.8 Å². The van der Waals surface area contributed by atoms with Crippen molar-refractivity contribution in [2.45, 2.75) is 45.6 Å². The van der Waals surface area contributed by atoms with Crippen LogP contribution in [0.5, 0.6) is 0 Å². The molecule has 3 rings (SSSR count). The van der Waals surface area contributed by atoms with Gasteiger partial charge in [0.2, 0.25) is 11.8 Å². The summed E-state index contributed by atoms with van der Waals surface area (Å²) in [5.74, 6) is 1.71. The Hall–Kier alpha value is -2.37. The normalized spacial score (nSPS) is 16.2. The molecule has 0 spiro atoms. The second kappa shape index (κ2) is 6.40. The lowest BCUT2D eigenvalue weighted by Crippen LogP contribution is -2.23. The van der Waals surface area contributed by atoms with E-state index in [9.17, 15) is 4.79 Å². The summed E-state index contributed by atoms with van der Waals surface area (Å²) in [6.45, 7) is 6.83. The maximum Gasteiger partial charge on any atom is 0.248 e. The lowest BCUT2D eigenvalue weighted by Gasteiger charge is -2.18. The zero-order valence-corrected chi connectivity index (χ0v) is 13.7. The van der Waals surface area contributed by atoms with Crippen LogP contribution in [0, 0.1) is 0 Å². The maximum atomic E-state index is 11.9. The molecule has 1 aliphatic heterocycles. The summed E-state index contributed by atoms with van der Waals surface area (Å²) in [5, 5.41) is 7.34. The highest BCUT2D eigenvalue weighted by Gasteiger charge is 2.22. The molecule has 6 heteroatoms. The Balaban J connectivity index is 1.73. The van der Waals surface area contributed by atoms with E-state index in [1.54, 1.807) is 0 Å². The molecule has 0 aliphatic carbocycles. The molecule has 0 bridgehead atoms. The second-order valence-corrected chi connectivity index (χ2v) is 6.21. The Bertz CT molecular complexity index is 695. The Morgan fingerprint density at radius 2 is 2.13 bits per heavy atom. The van der Waals surface area contributed by atoms with E-state index in [0.29, 0.717) is 18.1 Å². The van der Waals surface area contributed by atoms with Gasteiger partial charge in [0, 0.05) is 30.3 Å². The van der Waals surface area contributed by atoms with Crippen molar-refractivity contribution in [1.29, 1.82) is 0 Å². The first-order valence-corrected chi connectivity index (χ1v) is 8.05. The number of hydrogen-bond acceptors (Lipinski definition) is 5. The standard InChI is InChI=1S/C17H22N4O2/c1-11(2)16-19-17(23-20-16)12(3)18-13-6-4-7-14(10-13)21-9-5-8-15(21)22/h4,6-7,10-12,18H,5,8-9H2,1-3H3. The summed E-state index contributed by atoms with van der Waals surface area (Å²) in [5.41, 5.74) is 1.86. The average Bonchev–Trinajstić information content (AvgIpc) is 3.16. The van der Waals surface area contributed by atoms with Crippen LogP contribution in [0.15, 0.2) is 28.8 Å². The van der Waals surface area contributed by atoms with Crippen molar-refractivity contribution in [3.63, 3.8) is 0 Å². The molecule has 1 unspecified atom stereocenters. The Morgan fingerprint density at radius 3 is 2.78 bits per heavy atom. The smallest absolute Gasteiger partial charge is 0.248 e. The number of benzene rings is 1. The predicted octanol–water partition coefficient (Wildman–Crippen LogP) is 3.49. The van der Waals surface area contributed by atoms with Gasteiger partial charge in [-0.05, 0) is 31.5 Å². The summed E-state index contributed by atoms with van der Waals surface area (Å²) < 4.78 is 5.32. The molecule has 1 aliphatic rings. The van der Waals surface area contributed by atoms with E-state index in [-0.39, 0.29) is 17.9 Å². The van der Waals surface area contributed by atoms with Crippen LogP contribution in [-0.4, -0.2) is 22.6 Å². The average molecular weight is 314 g/mol. The highest BCUT2D eigenvalue weighted by molar-refractivity contribution is 5.95. The molecule has 1 fully saturated rings. The number of nitrogens with one attached hydrogen (secondary N) is 1. The van der Waals surface area contributed by atoms with E-state index < -0.39 is 0 Å². The lowest BCUT2D eigenvalue weighted by atomic mass is 10.2. The van der Waals surface area contributed by atoms with Crippen LogP contribution in [0.2, 0.25) is 0 Å². The molecule has 6 nitrogen and oxygen atoms in total. The molecule has 1 N–H and O–H groups in total. The van der Waals surface area contributed by atoms with Crippen molar-refractivity contribution in [2.24, 2.45) is 0 Å². The quantitative estimate of drug-likeness (QED) is 0.914. The summed E-state index contributed by atoms with van der Waals surface area (Å²) in [6.07, 6.45) is 1.56. The maximum absolute atomic E-state index is 11.9. The van der Waals surface area contributed by atoms with Crippen LogP contribution in [0.4, 0.5) is 11.4 Å². The molecule has 1 aromatic carbocycles. The van der Waals surface area contributed by atoms with Crippen LogP contribution < -0.4 is 10.2 Å². The van der Waals surface area contributed by atoms with Gasteiger partial charge >= 0.3 is 0 Å². The van der Waals surface area contributed by atoms with Gasteiger partial charge < -0.3 is 14.7 Å². The van der Waals surface area contributed by atoms with Crippen molar-refractivity contribution in [3.05, 3.63) is 36.0 Å². The molecular weight excluding hydrogens is 292 g/mol. The van der Waals surface area contributed by atoms with Gasteiger partial charge in [-0.15, -0.1) is 0 Å². The molecule has 1 amide bonds. The summed E-state index contributed by atoms with van der Waals surface area (Å²) in [4.78, 5) is 18.1. The van der Waals surface area contributed by atoms with Crippen LogP contribution in [0.3, 0.4) is 0 Å². The highest BCUT2D eigenvalue weighted by atomic mass is 16.5. The van der Waals surface area contributed by atoms with Gasteiger partial charge in [-0.1, -0.05) is 25.1 Å². The Kier molecular flexibility index (Phi) is 4.32. The van der Waals surface area contributed by atoms with Gasteiger partial charge in [0.15, 0.2) is 5.82 Å². The first-order valence-electron chi connectivity index (χ1n) is 8.05. The number of rotatable bonds is 5. The number of carbonyl (C=O) groups excluding carboxylic acids is 1. The second-order valence-electron chi connectivity index (χ2n) is 6.21. The molecule has 122 valence electrons. The van der Waals surface area contributed by atoms with Gasteiger partial charge in [-0.25, -0.2) is 0 Å². The number of amides is 1. The van der Waals surface area contributed by atoms with Gasteiger partial charge in [0.25, 0.3) is 0 Å². The van der Waals surface area contributed by atoms with E-state index in [1.165, 1.54) is 0 Å². The van der Waals surface area contributed by atoms with Gasteiger partial charge in [-0.2, -0.15) is 4.98 Å². The fourth-order valence-electron chi connectivity index (χ4n) is 2.65. The zero-order valence-electron chi connectivity index (χ0n) is 13.7. The van der Waals surface area contributed by atoms with Crippen LogP contribution in [0.1, 0.15) is 57.3 Å². The number of carbonyl (C=O) groups is 1. The highest BCUT2D eigenvalue weighted by Crippen LogP contribution is 2.26. The Labute approximate surface area is 135 Å². The van der Waals surface area contributed by atoms with E-state index >= 15 is 0 Å². The van der Waals surface area contributed by atoms with Gasteiger partial charge in [0.05, 0.1) is 0 Å². The molecule has 1 aromatic heterocycles. The third-order valence-electron chi connectivity index (χ3n) is 3.96. The molecule has 0 radical (unpaired) electrons. The SMILES string of the molecule is CC(C)c1noc(C(C)Nc2cccc(N3CCCC3=O)c2)n1. The van der Waals surface area contributed by atoms with Crippen molar-refractivity contribution >= 4 is 17.3 Å². The number of anilines is 2. The molecule has 0 saturated carbocycles. The van der Waals surface area contributed by atoms with E-state index in [2.05, 4.69) is 15.5 Å². The van der Waals surface area contributed by atoms with Crippen LogP contribution >= 0.6 is 0 Å². The summed E-state index contributed by atoms with van der Waals surface area (Å²) >= 11 is 0. The summed E-state index contributed by atoms with van der Waals surface area (Å²) in [7, 11) is 0. The monoisotopic (exact) mass is 314 g/mol. The number of hydrogen-bond donors (Lipinski definition) is 1. The largest absolute Gasteiger partial charge is 0.374 e. The molecule has 23 heavy (non-hydrogen) atoms. The van der Waals surface area contributed by atoms with E-state index in [4.69, 9.17) is 4.52 Å². The number of aromatic nitrogens is 2. The van der Waals surface area contributed by atoms with E-state index in [1.807, 2.05) is 49.9 Å². The predicted molar refractivity (Wildman–Crippen MR) is 88.5 cm³/mol. The number of nitrogens with zero attached hydrogens (tertiary/aromatic N) is 3. The first-order chi connectivity index (χ1) is 11.0. The zero-order chi connectivity index (χ0) is 16.4. The topological polar surface area (TPSA) is 71.3 Å². The van der Waals surface area contributed by atoms with Gasteiger partial charge in [-0.3, -0.25) is 4.79 Å². The van der Waals surface area contributed by atoms with Crippen molar-refractivity contribution in [3.8, 4) is 0 Å². The van der Waals surface area contributed by atoms with Crippen LogP contribution in [-0.2, 0) is 4.79 Å². The Morgan fingerprint density at radius 1 is 1.30 bits per heavy atom. The third kappa shape index (κ3) is 3.36. The lowest BCUT2D eigenvalue weighted by molar-refractivity contribution is -0.117. The van der Waals surface area contributed by atoms with Crippen LogP contribution in [0.25, 0.3) is 0 Å². The molecular formula is C17H22N4O2. The van der Waals surface area contributed by atoms with E-state index in [0.717, 1.165) is 24.3 Å². The minimum atomic E-state index is -0.0977. The minimum absolute atomic E-state index is 0.0977. The molecule has 1 atom stereocenters. The fourth-order valence-corrected chi connectivity index (χ4v) is 2.65. The first kappa shape index (κ1) is 15.5. The molecule has 2 aromatic rings.